The molecule has 1 saturated heterocycles. The summed E-state index contributed by atoms with van der Waals surface area (Å²) >= 11 is 0. The highest BCUT2D eigenvalue weighted by Crippen LogP contribution is 2.27. The predicted octanol–water partition coefficient (Wildman–Crippen LogP) is 3.83. The Balaban J connectivity index is 1.10. The largest absolute Gasteiger partial charge is 0.493 e. The van der Waals surface area contributed by atoms with Gasteiger partial charge in [0.05, 0.1) is 18.4 Å². The number of aromatic nitrogens is 1. The highest BCUT2D eigenvalue weighted by atomic mass is 19.1. The third-order valence-electron chi connectivity index (χ3n) is 6.19. The molecule has 5 rings (SSSR count). The fraction of sp³-hybridized carbons (Fsp3) is 0.360. The second-order valence-electron chi connectivity index (χ2n) is 8.44. The van der Waals surface area contributed by atoms with E-state index in [1.807, 2.05) is 4.90 Å². The first kappa shape index (κ1) is 21.6. The number of benzene rings is 2. The molecule has 33 heavy (non-hydrogen) atoms. The Bertz CT molecular complexity index is 1160. The van der Waals surface area contributed by atoms with Crippen LogP contribution >= 0.6 is 0 Å². The quantitative estimate of drug-likeness (QED) is 0.568. The van der Waals surface area contributed by atoms with E-state index < -0.39 is 11.6 Å². The topological polar surface area (TPSA) is 58.8 Å². The number of piperazine rings is 1. The predicted molar refractivity (Wildman–Crippen MR) is 118 cm³/mol. The molecule has 1 aromatic heterocycles. The fourth-order valence-corrected chi connectivity index (χ4v) is 4.36. The summed E-state index contributed by atoms with van der Waals surface area (Å²) in [5.74, 6) is 0.276. The van der Waals surface area contributed by atoms with E-state index in [4.69, 9.17) is 9.15 Å². The Morgan fingerprint density at radius 2 is 1.91 bits per heavy atom. The third-order valence-corrected chi connectivity index (χ3v) is 6.19. The fourth-order valence-electron chi connectivity index (χ4n) is 4.36. The number of amides is 1. The number of hydrogen-bond donors (Lipinski definition) is 0. The normalized spacial score (nSPS) is 16.0. The number of carbonyl (C=O) groups excluding carboxylic acids is 1. The van der Waals surface area contributed by atoms with Gasteiger partial charge in [0.25, 0.3) is 0 Å². The molecule has 6 nitrogen and oxygen atoms in total. The van der Waals surface area contributed by atoms with Gasteiger partial charge in [-0.25, -0.2) is 13.8 Å². The van der Waals surface area contributed by atoms with Crippen molar-refractivity contribution in [2.45, 2.75) is 25.8 Å². The van der Waals surface area contributed by atoms with Gasteiger partial charge in [-0.05, 0) is 29.3 Å². The van der Waals surface area contributed by atoms with Gasteiger partial charge in [0.1, 0.15) is 17.4 Å². The third kappa shape index (κ3) is 4.90. The maximum Gasteiger partial charge on any atom is 0.223 e. The van der Waals surface area contributed by atoms with Crippen LogP contribution in [0.2, 0.25) is 0 Å². The lowest BCUT2D eigenvalue weighted by atomic mass is 10.1. The van der Waals surface area contributed by atoms with Crippen LogP contribution in [-0.2, 0) is 24.2 Å². The molecule has 3 aromatic rings. The summed E-state index contributed by atoms with van der Waals surface area (Å²) in [6.07, 6.45) is 2.98. The van der Waals surface area contributed by atoms with Gasteiger partial charge in [-0.3, -0.25) is 9.69 Å². The number of hydrogen-bond acceptors (Lipinski definition) is 5. The summed E-state index contributed by atoms with van der Waals surface area (Å²) in [6.45, 7) is 4.65. The molecular weight excluding hydrogens is 428 g/mol. The molecule has 2 aromatic carbocycles. The minimum Gasteiger partial charge on any atom is -0.493 e. The van der Waals surface area contributed by atoms with Crippen molar-refractivity contribution >= 4 is 5.91 Å². The Hall–Kier alpha value is -3.26. The molecule has 0 unspecified atom stereocenters. The summed E-state index contributed by atoms with van der Waals surface area (Å²) in [5, 5.41) is 0. The Labute approximate surface area is 190 Å². The molecule has 1 amide bonds. The van der Waals surface area contributed by atoms with E-state index in [9.17, 15) is 13.6 Å². The zero-order valence-corrected chi connectivity index (χ0v) is 18.2. The molecule has 0 saturated carbocycles. The second-order valence-corrected chi connectivity index (χ2v) is 8.44. The van der Waals surface area contributed by atoms with E-state index >= 15 is 0 Å². The van der Waals surface area contributed by atoms with Crippen LogP contribution in [0.25, 0.3) is 11.3 Å². The van der Waals surface area contributed by atoms with Crippen molar-refractivity contribution in [1.82, 2.24) is 14.8 Å². The van der Waals surface area contributed by atoms with Gasteiger partial charge in [-0.1, -0.05) is 12.1 Å². The van der Waals surface area contributed by atoms with Crippen LogP contribution in [-0.4, -0.2) is 53.5 Å². The second kappa shape index (κ2) is 9.31. The molecule has 8 heteroatoms. The standard InChI is InChI=1S/C25H25F2N3O3/c26-19-2-3-20(21(27)14-19)23-15-28-24(33-23)5-6-25(31)30-10-8-29(9-11-30)16-17-1-4-22-18(13-17)7-12-32-22/h1-4,13-15H,5-12,16H2. The zero-order chi connectivity index (χ0) is 22.8. The molecule has 1 fully saturated rings. The van der Waals surface area contributed by atoms with Crippen molar-refractivity contribution in [2.75, 3.05) is 32.8 Å². The van der Waals surface area contributed by atoms with Gasteiger partial charge < -0.3 is 14.1 Å². The maximum atomic E-state index is 13.9. The number of rotatable bonds is 6. The van der Waals surface area contributed by atoms with Crippen molar-refractivity contribution in [3.63, 3.8) is 0 Å². The lowest BCUT2D eigenvalue weighted by Gasteiger charge is -2.34. The number of oxazole rings is 1. The van der Waals surface area contributed by atoms with E-state index in [2.05, 4.69) is 28.1 Å². The van der Waals surface area contributed by atoms with Crippen molar-refractivity contribution < 1.29 is 22.7 Å². The highest BCUT2D eigenvalue weighted by molar-refractivity contribution is 5.76. The minimum atomic E-state index is -0.708. The van der Waals surface area contributed by atoms with Gasteiger partial charge in [-0.15, -0.1) is 0 Å². The van der Waals surface area contributed by atoms with Crippen LogP contribution in [0.3, 0.4) is 0 Å². The molecule has 0 spiro atoms. The van der Waals surface area contributed by atoms with Crippen molar-refractivity contribution in [2.24, 2.45) is 0 Å². The molecule has 0 N–H and O–H groups in total. The monoisotopic (exact) mass is 453 g/mol. The SMILES string of the molecule is O=C(CCc1ncc(-c2ccc(F)cc2F)o1)N1CCN(Cc2ccc3c(c2)CCO3)CC1. The van der Waals surface area contributed by atoms with Crippen LogP contribution in [0.15, 0.2) is 47.0 Å². The van der Waals surface area contributed by atoms with Crippen LogP contribution in [0, 0.1) is 11.6 Å². The lowest BCUT2D eigenvalue weighted by Crippen LogP contribution is -2.48. The first-order valence-corrected chi connectivity index (χ1v) is 11.2. The van der Waals surface area contributed by atoms with Gasteiger partial charge in [0.2, 0.25) is 5.91 Å². The Kier molecular flexibility index (Phi) is 6.09. The molecule has 0 bridgehead atoms. The molecule has 2 aliphatic rings. The molecule has 0 aliphatic carbocycles. The molecule has 0 atom stereocenters. The Morgan fingerprint density at radius 3 is 2.73 bits per heavy atom. The van der Waals surface area contributed by atoms with Gasteiger partial charge in [0.15, 0.2) is 11.7 Å². The van der Waals surface area contributed by atoms with Crippen LogP contribution in [0.5, 0.6) is 5.75 Å². The smallest absolute Gasteiger partial charge is 0.223 e. The molecule has 0 radical (unpaired) electrons. The number of nitrogens with zero attached hydrogens (tertiary/aromatic N) is 3. The van der Waals surface area contributed by atoms with Crippen molar-refractivity contribution in [3.05, 3.63) is 71.2 Å². The van der Waals surface area contributed by atoms with Gasteiger partial charge in [0, 0.05) is 58.1 Å². The Morgan fingerprint density at radius 1 is 1.06 bits per heavy atom. The van der Waals surface area contributed by atoms with Crippen LogP contribution in [0.4, 0.5) is 8.78 Å². The summed E-state index contributed by atoms with van der Waals surface area (Å²) in [4.78, 5) is 21.0. The van der Waals surface area contributed by atoms with Crippen molar-refractivity contribution in [3.8, 4) is 17.1 Å². The first-order valence-electron chi connectivity index (χ1n) is 11.2. The average molecular weight is 453 g/mol. The molecule has 172 valence electrons. The van der Waals surface area contributed by atoms with E-state index in [1.54, 1.807) is 0 Å². The molecule has 2 aliphatic heterocycles. The summed E-state index contributed by atoms with van der Waals surface area (Å²) in [7, 11) is 0. The van der Waals surface area contributed by atoms with E-state index in [0.29, 0.717) is 25.4 Å². The highest BCUT2D eigenvalue weighted by Gasteiger charge is 2.22. The van der Waals surface area contributed by atoms with Crippen LogP contribution in [0.1, 0.15) is 23.4 Å². The van der Waals surface area contributed by atoms with Gasteiger partial charge >= 0.3 is 0 Å². The lowest BCUT2D eigenvalue weighted by molar-refractivity contribution is -0.133. The summed E-state index contributed by atoms with van der Waals surface area (Å²) in [6, 6.07) is 9.68. The number of carbonyl (C=O) groups is 1. The van der Waals surface area contributed by atoms with Crippen molar-refractivity contribution in [1.29, 1.82) is 0 Å². The maximum absolute atomic E-state index is 13.9. The number of aryl methyl sites for hydroxylation is 1. The number of fused-ring (bicyclic) bond motifs is 1. The first-order chi connectivity index (χ1) is 16.0. The number of ether oxygens (including phenoxy) is 1. The minimum absolute atomic E-state index is 0.0528. The number of halogens is 2. The van der Waals surface area contributed by atoms with Gasteiger partial charge in [-0.2, -0.15) is 0 Å². The summed E-state index contributed by atoms with van der Waals surface area (Å²) < 4.78 is 38.2. The molecular formula is C25H25F2N3O3. The average Bonchev–Trinajstić information content (AvgIpc) is 3.47. The van der Waals surface area contributed by atoms with E-state index in [-0.39, 0.29) is 23.7 Å². The molecule has 3 heterocycles. The zero-order valence-electron chi connectivity index (χ0n) is 18.2. The summed E-state index contributed by atoms with van der Waals surface area (Å²) in [5.41, 5.74) is 2.70. The van der Waals surface area contributed by atoms with E-state index in [1.165, 1.54) is 29.5 Å². The van der Waals surface area contributed by atoms with E-state index in [0.717, 1.165) is 44.5 Å². The van der Waals surface area contributed by atoms with Crippen LogP contribution < -0.4 is 4.74 Å².